The number of aryl methyl sites for hydroxylation is 1. The number of hydrogen-bond acceptors (Lipinski definition) is 3. The van der Waals surface area contributed by atoms with E-state index in [1.807, 2.05) is 24.9 Å². The number of nitrogens with zero attached hydrogens (tertiary/aromatic N) is 4. The maximum atomic E-state index is 12.1. The molecule has 0 spiro atoms. The summed E-state index contributed by atoms with van der Waals surface area (Å²) in [4.78, 5) is 20.6. The lowest BCUT2D eigenvalue weighted by Crippen LogP contribution is -2.43. The first-order valence-electron chi connectivity index (χ1n) is 8.11. The number of aromatic nitrogens is 2. The van der Waals surface area contributed by atoms with Gasteiger partial charge < -0.3 is 9.47 Å². The van der Waals surface area contributed by atoms with Crippen molar-refractivity contribution in [2.24, 2.45) is 5.92 Å². The lowest BCUT2D eigenvalue weighted by atomic mass is 9.96. The second-order valence-corrected chi connectivity index (χ2v) is 5.91. The number of carbonyl (C=O) groups is 1. The van der Waals surface area contributed by atoms with Crippen LogP contribution in [0, 0.1) is 12.8 Å². The Labute approximate surface area is 127 Å². The maximum absolute atomic E-state index is 12.1. The van der Waals surface area contributed by atoms with Crippen LogP contribution >= 0.6 is 0 Å². The monoisotopic (exact) mass is 292 g/mol. The molecule has 1 amide bonds. The van der Waals surface area contributed by atoms with Crippen LogP contribution < -0.4 is 0 Å². The molecule has 0 atom stereocenters. The summed E-state index contributed by atoms with van der Waals surface area (Å²) >= 11 is 0. The average Bonchev–Trinajstić information content (AvgIpc) is 2.88. The molecule has 0 N–H and O–H groups in total. The number of likely N-dealkylation sites (tertiary alicyclic amines) is 1. The van der Waals surface area contributed by atoms with E-state index < -0.39 is 0 Å². The Balaban J connectivity index is 1.75. The molecule has 2 heterocycles. The number of piperidine rings is 1. The highest BCUT2D eigenvalue weighted by atomic mass is 16.2. The molecule has 0 unspecified atom stereocenters. The van der Waals surface area contributed by atoms with Crippen molar-refractivity contribution in [1.82, 2.24) is 19.4 Å². The summed E-state index contributed by atoms with van der Waals surface area (Å²) in [5.41, 5.74) is 0. The van der Waals surface area contributed by atoms with Gasteiger partial charge in [-0.1, -0.05) is 0 Å². The fraction of sp³-hybridized carbons (Fsp3) is 0.750. The summed E-state index contributed by atoms with van der Waals surface area (Å²) in [6, 6.07) is 0. The zero-order valence-corrected chi connectivity index (χ0v) is 13.6. The van der Waals surface area contributed by atoms with Crippen molar-refractivity contribution in [2.75, 3.05) is 32.7 Å². The standard InChI is InChI=1S/C16H28N4O/c1-4-19(5-2)16(21)13-18-9-6-15(7-10-18)12-20-11-8-17-14(20)3/h8,11,15H,4-7,9-10,12-13H2,1-3H3. The first-order chi connectivity index (χ1) is 10.1. The zero-order valence-electron chi connectivity index (χ0n) is 13.6. The third-order valence-electron chi connectivity index (χ3n) is 4.56. The van der Waals surface area contributed by atoms with Crippen molar-refractivity contribution in [2.45, 2.75) is 40.2 Å². The fourth-order valence-electron chi connectivity index (χ4n) is 3.07. The van der Waals surface area contributed by atoms with Crippen LogP contribution in [0.25, 0.3) is 0 Å². The molecule has 0 radical (unpaired) electrons. The van der Waals surface area contributed by atoms with Crippen molar-refractivity contribution in [3.63, 3.8) is 0 Å². The minimum atomic E-state index is 0.268. The first-order valence-corrected chi connectivity index (χ1v) is 8.11. The van der Waals surface area contributed by atoms with E-state index in [0.29, 0.717) is 12.5 Å². The van der Waals surface area contributed by atoms with E-state index in [1.165, 1.54) is 12.8 Å². The molecule has 1 saturated heterocycles. The van der Waals surface area contributed by atoms with Crippen LogP contribution in [0.3, 0.4) is 0 Å². The van der Waals surface area contributed by atoms with E-state index in [1.54, 1.807) is 0 Å². The second-order valence-electron chi connectivity index (χ2n) is 5.91. The van der Waals surface area contributed by atoms with Crippen LogP contribution in [0.4, 0.5) is 0 Å². The van der Waals surface area contributed by atoms with E-state index in [0.717, 1.165) is 38.5 Å². The molecule has 0 bridgehead atoms. The number of imidazole rings is 1. The van der Waals surface area contributed by atoms with Crippen molar-refractivity contribution in [3.05, 3.63) is 18.2 Å². The van der Waals surface area contributed by atoms with Gasteiger partial charge in [0.05, 0.1) is 6.54 Å². The molecular weight excluding hydrogens is 264 g/mol. The summed E-state index contributed by atoms with van der Waals surface area (Å²) in [6.45, 7) is 11.5. The van der Waals surface area contributed by atoms with E-state index in [-0.39, 0.29) is 5.91 Å². The molecule has 0 saturated carbocycles. The molecule has 5 heteroatoms. The topological polar surface area (TPSA) is 41.4 Å². The van der Waals surface area contributed by atoms with Gasteiger partial charge in [0.25, 0.3) is 0 Å². The number of hydrogen-bond donors (Lipinski definition) is 0. The predicted molar refractivity (Wildman–Crippen MR) is 84.1 cm³/mol. The van der Waals surface area contributed by atoms with Crippen LogP contribution in [0.5, 0.6) is 0 Å². The molecule has 1 aliphatic rings. The van der Waals surface area contributed by atoms with E-state index in [2.05, 4.69) is 27.6 Å². The van der Waals surface area contributed by atoms with E-state index in [9.17, 15) is 4.79 Å². The smallest absolute Gasteiger partial charge is 0.236 e. The molecule has 2 rings (SSSR count). The second kappa shape index (κ2) is 7.59. The van der Waals surface area contributed by atoms with Crippen LogP contribution in [0.1, 0.15) is 32.5 Å². The summed E-state index contributed by atoms with van der Waals surface area (Å²) < 4.78 is 2.24. The van der Waals surface area contributed by atoms with E-state index >= 15 is 0 Å². The fourth-order valence-corrected chi connectivity index (χ4v) is 3.07. The molecule has 5 nitrogen and oxygen atoms in total. The number of amides is 1. The molecule has 0 aromatic carbocycles. The minimum Gasteiger partial charge on any atom is -0.342 e. The lowest BCUT2D eigenvalue weighted by molar-refractivity contribution is -0.132. The molecule has 1 aromatic rings. The summed E-state index contributed by atoms with van der Waals surface area (Å²) in [5.74, 6) is 2.07. The van der Waals surface area contributed by atoms with E-state index in [4.69, 9.17) is 0 Å². The largest absolute Gasteiger partial charge is 0.342 e. The number of likely N-dealkylation sites (N-methyl/N-ethyl adjacent to an activating group) is 1. The molecule has 118 valence electrons. The SMILES string of the molecule is CCN(CC)C(=O)CN1CCC(Cn2ccnc2C)CC1. The highest BCUT2D eigenvalue weighted by Crippen LogP contribution is 2.19. The lowest BCUT2D eigenvalue weighted by Gasteiger charge is -2.33. The number of rotatable bonds is 6. The van der Waals surface area contributed by atoms with Gasteiger partial charge in [-0.25, -0.2) is 4.98 Å². The quantitative estimate of drug-likeness (QED) is 0.802. The third-order valence-corrected chi connectivity index (χ3v) is 4.56. The predicted octanol–water partition coefficient (Wildman–Crippen LogP) is 1.77. The minimum absolute atomic E-state index is 0.268. The van der Waals surface area contributed by atoms with Crippen LogP contribution in [-0.4, -0.2) is 58.0 Å². The van der Waals surface area contributed by atoms with Crippen LogP contribution in [0.15, 0.2) is 12.4 Å². The van der Waals surface area contributed by atoms with Gasteiger partial charge in [0.2, 0.25) is 5.91 Å². The van der Waals surface area contributed by atoms with Gasteiger partial charge in [0.15, 0.2) is 0 Å². The molecule has 0 aliphatic carbocycles. The van der Waals surface area contributed by atoms with Gasteiger partial charge in [-0.15, -0.1) is 0 Å². The normalized spacial score (nSPS) is 17.1. The highest BCUT2D eigenvalue weighted by molar-refractivity contribution is 5.78. The number of carbonyl (C=O) groups excluding carboxylic acids is 1. The molecule has 21 heavy (non-hydrogen) atoms. The Bertz CT molecular complexity index is 445. The average molecular weight is 292 g/mol. The molecule has 1 aromatic heterocycles. The van der Waals surface area contributed by atoms with Gasteiger partial charge in [-0.3, -0.25) is 9.69 Å². The Morgan fingerprint density at radius 2 is 2.00 bits per heavy atom. The van der Waals surface area contributed by atoms with Crippen molar-refractivity contribution in [3.8, 4) is 0 Å². The van der Waals surface area contributed by atoms with Crippen molar-refractivity contribution < 1.29 is 4.79 Å². The van der Waals surface area contributed by atoms with Crippen molar-refractivity contribution >= 4 is 5.91 Å². The zero-order chi connectivity index (χ0) is 15.2. The van der Waals surface area contributed by atoms with Crippen LogP contribution in [-0.2, 0) is 11.3 Å². The molecule has 1 fully saturated rings. The summed E-state index contributed by atoms with van der Waals surface area (Å²) in [7, 11) is 0. The first kappa shape index (κ1) is 16.0. The summed E-state index contributed by atoms with van der Waals surface area (Å²) in [6.07, 6.45) is 6.27. The van der Waals surface area contributed by atoms with Gasteiger partial charge in [0, 0.05) is 32.0 Å². The van der Waals surface area contributed by atoms with Crippen molar-refractivity contribution in [1.29, 1.82) is 0 Å². The van der Waals surface area contributed by atoms with Gasteiger partial charge in [0.1, 0.15) is 5.82 Å². The Morgan fingerprint density at radius 1 is 1.33 bits per heavy atom. The molecule has 1 aliphatic heterocycles. The molecular formula is C16H28N4O. The Kier molecular flexibility index (Phi) is 5.79. The Morgan fingerprint density at radius 3 is 2.52 bits per heavy atom. The highest BCUT2D eigenvalue weighted by Gasteiger charge is 2.22. The Hall–Kier alpha value is -1.36. The van der Waals surface area contributed by atoms with Gasteiger partial charge in [-0.05, 0) is 52.6 Å². The summed E-state index contributed by atoms with van der Waals surface area (Å²) in [5, 5.41) is 0. The van der Waals surface area contributed by atoms with Gasteiger partial charge >= 0.3 is 0 Å². The maximum Gasteiger partial charge on any atom is 0.236 e. The van der Waals surface area contributed by atoms with Crippen LogP contribution in [0.2, 0.25) is 0 Å². The van der Waals surface area contributed by atoms with Gasteiger partial charge in [-0.2, -0.15) is 0 Å². The third kappa shape index (κ3) is 4.30.